The number of cyclic esters (lactones) is 1. The number of allylic oxidation sites excluding steroid dienone is 1. The summed E-state index contributed by atoms with van der Waals surface area (Å²) in [5.74, 6) is -2.83. The van der Waals surface area contributed by atoms with Crippen LogP contribution in [0, 0.1) is 6.92 Å². The summed E-state index contributed by atoms with van der Waals surface area (Å²) in [7, 11) is 1.18. The number of hydrogen-bond acceptors (Lipinski definition) is 9. The summed E-state index contributed by atoms with van der Waals surface area (Å²) in [5.41, 5.74) is 2.23. The van der Waals surface area contributed by atoms with Crippen LogP contribution in [0.3, 0.4) is 0 Å². The molecule has 10 heteroatoms. The fourth-order valence-corrected chi connectivity index (χ4v) is 5.74. The van der Waals surface area contributed by atoms with Crippen LogP contribution in [-0.4, -0.2) is 71.5 Å². The first kappa shape index (κ1) is 37.3. The molecule has 4 unspecified atom stereocenters. The lowest BCUT2D eigenvalue weighted by Crippen LogP contribution is -2.52. The van der Waals surface area contributed by atoms with Gasteiger partial charge in [-0.3, -0.25) is 19.2 Å². The highest BCUT2D eigenvalue weighted by atomic mass is 16.6. The zero-order valence-corrected chi connectivity index (χ0v) is 27.8. The summed E-state index contributed by atoms with van der Waals surface area (Å²) in [4.78, 5) is 67.2. The molecule has 254 valence electrons. The van der Waals surface area contributed by atoms with Crippen LogP contribution in [0.5, 0.6) is 0 Å². The summed E-state index contributed by atoms with van der Waals surface area (Å²) >= 11 is 0. The van der Waals surface area contributed by atoms with Gasteiger partial charge in [-0.25, -0.2) is 9.69 Å². The molecule has 1 saturated heterocycles. The van der Waals surface area contributed by atoms with E-state index in [9.17, 15) is 24.0 Å². The van der Waals surface area contributed by atoms with Gasteiger partial charge in [0.05, 0.1) is 6.04 Å². The van der Waals surface area contributed by atoms with Crippen LogP contribution >= 0.6 is 0 Å². The molecule has 1 aliphatic heterocycles. The van der Waals surface area contributed by atoms with E-state index in [-0.39, 0.29) is 24.4 Å². The number of imide groups is 1. The van der Waals surface area contributed by atoms with E-state index >= 15 is 0 Å². The molecule has 1 N–H and O–H groups in total. The average Bonchev–Trinajstić information content (AvgIpc) is 3.35. The van der Waals surface area contributed by atoms with E-state index in [0.29, 0.717) is 17.5 Å². The predicted molar refractivity (Wildman–Crippen MR) is 176 cm³/mol. The number of aliphatic hydroxyl groups excluding tert-OH is 1. The van der Waals surface area contributed by atoms with E-state index in [2.05, 4.69) is 0 Å². The van der Waals surface area contributed by atoms with Gasteiger partial charge in [0.25, 0.3) is 5.91 Å². The number of carbonyl (C=O) groups excluding carboxylic acids is 5. The lowest BCUT2D eigenvalue weighted by atomic mass is 9.93. The van der Waals surface area contributed by atoms with Crippen molar-refractivity contribution in [1.29, 1.82) is 0 Å². The number of methoxy groups -OCH3 is 1. The number of Topliss-reactive ketones (excluding diaryl/α,β-unsaturated/α-hetero) is 1. The molecule has 0 saturated carbocycles. The molecule has 3 rings (SSSR count). The van der Waals surface area contributed by atoms with Gasteiger partial charge >= 0.3 is 12.1 Å². The van der Waals surface area contributed by atoms with Crippen molar-refractivity contribution >= 4 is 35.1 Å². The Hall–Kier alpha value is -4.15. The van der Waals surface area contributed by atoms with Crippen LogP contribution in [0.1, 0.15) is 94.4 Å². The fraction of sp³-hybridized carbons (Fsp3) is 0.486. The predicted octanol–water partition coefficient (Wildman–Crippen LogP) is 6.08. The monoisotopic (exact) mass is 649 g/mol. The van der Waals surface area contributed by atoms with Crippen molar-refractivity contribution in [1.82, 2.24) is 4.90 Å². The van der Waals surface area contributed by atoms with Gasteiger partial charge in [0.2, 0.25) is 0 Å². The topological polar surface area (TPSA) is 137 Å². The molecule has 0 spiro atoms. The summed E-state index contributed by atoms with van der Waals surface area (Å²) in [6.07, 6.45) is 3.70. The number of aryl methyl sites for hydroxylation is 1. The number of ketones is 2. The third-order valence-corrected chi connectivity index (χ3v) is 8.21. The van der Waals surface area contributed by atoms with Crippen LogP contribution in [0.25, 0.3) is 5.57 Å². The molecule has 4 atom stereocenters. The lowest BCUT2D eigenvalue weighted by Gasteiger charge is -2.27. The SMILES string of the molecule is COC(C(=O)N1C(=O)OC(c2ccccc2)C1C)C(OC(C)=O)C(=O)C=C(C(=O)CCCCCCCCCCO)c1cccc(C)c1. The minimum absolute atomic E-state index is 0.139. The second kappa shape index (κ2) is 18.9. The average molecular weight is 650 g/mol. The molecule has 10 nitrogen and oxygen atoms in total. The highest BCUT2D eigenvalue weighted by molar-refractivity contribution is 6.25. The molecule has 0 radical (unpaired) electrons. The maximum Gasteiger partial charge on any atom is 0.417 e. The Balaban J connectivity index is 1.82. The number of ether oxygens (including phenoxy) is 3. The Labute approximate surface area is 277 Å². The molecule has 1 fully saturated rings. The standard InChI is InChI=1S/C37H47NO9/c1-25-17-16-20-29(23-25)30(31(41)21-14-9-7-5-6-8-10-15-22-39)24-32(42)34(46-27(3)40)35(45-4)36(43)38-26(2)33(47-37(38)44)28-18-12-11-13-19-28/h11-13,16-20,23-24,26,33-35,39H,5-10,14-15,21-22H2,1-4H3. The quantitative estimate of drug-likeness (QED) is 0.109. The van der Waals surface area contributed by atoms with Gasteiger partial charge in [0.15, 0.2) is 23.8 Å². The molecule has 47 heavy (non-hydrogen) atoms. The van der Waals surface area contributed by atoms with Gasteiger partial charge in [0, 0.05) is 32.6 Å². The number of amides is 2. The number of hydrogen-bond donors (Lipinski definition) is 1. The highest BCUT2D eigenvalue weighted by Gasteiger charge is 2.48. The van der Waals surface area contributed by atoms with E-state index in [0.717, 1.165) is 68.4 Å². The lowest BCUT2D eigenvalue weighted by molar-refractivity contribution is -0.166. The van der Waals surface area contributed by atoms with Gasteiger partial charge in [-0.1, -0.05) is 98.7 Å². The first-order valence-electron chi connectivity index (χ1n) is 16.3. The first-order chi connectivity index (χ1) is 22.6. The molecule has 2 aromatic rings. The fourth-order valence-electron chi connectivity index (χ4n) is 5.74. The zero-order valence-electron chi connectivity index (χ0n) is 27.8. The molecule has 0 bridgehead atoms. The molecule has 2 aromatic carbocycles. The van der Waals surface area contributed by atoms with E-state index < -0.39 is 48.1 Å². The Morgan fingerprint density at radius 3 is 2.15 bits per heavy atom. The minimum Gasteiger partial charge on any atom is -0.451 e. The van der Waals surface area contributed by atoms with Crippen molar-refractivity contribution in [2.24, 2.45) is 0 Å². The van der Waals surface area contributed by atoms with Crippen molar-refractivity contribution < 1.29 is 43.3 Å². The number of esters is 1. The Morgan fingerprint density at radius 2 is 1.55 bits per heavy atom. The second-order valence-corrected chi connectivity index (χ2v) is 11.9. The molecular formula is C37H47NO9. The summed E-state index contributed by atoms with van der Waals surface area (Å²) < 4.78 is 16.3. The summed E-state index contributed by atoms with van der Waals surface area (Å²) in [6.45, 7) is 4.82. The first-order valence-corrected chi connectivity index (χ1v) is 16.3. The van der Waals surface area contributed by atoms with E-state index in [1.807, 2.05) is 19.1 Å². The van der Waals surface area contributed by atoms with Crippen LogP contribution in [0.2, 0.25) is 0 Å². The van der Waals surface area contributed by atoms with E-state index in [4.69, 9.17) is 19.3 Å². The van der Waals surface area contributed by atoms with Crippen LogP contribution in [-0.2, 0) is 33.4 Å². The number of nitrogens with zero attached hydrogens (tertiary/aromatic N) is 1. The van der Waals surface area contributed by atoms with Crippen LogP contribution in [0.4, 0.5) is 4.79 Å². The van der Waals surface area contributed by atoms with Gasteiger partial charge in [-0.2, -0.15) is 0 Å². The maximum atomic E-state index is 13.9. The summed E-state index contributed by atoms with van der Waals surface area (Å²) in [6, 6.07) is 15.4. The smallest absolute Gasteiger partial charge is 0.417 e. The third kappa shape index (κ3) is 10.7. The van der Waals surface area contributed by atoms with Gasteiger partial charge in [-0.05, 0) is 43.9 Å². The van der Waals surface area contributed by atoms with E-state index in [1.54, 1.807) is 49.4 Å². The molecule has 0 aliphatic carbocycles. The van der Waals surface area contributed by atoms with Gasteiger partial charge in [-0.15, -0.1) is 0 Å². The maximum absolute atomic E-state index is 13.9. The van der Waals surface area contributed by atoms with Crippen molar-refractivity contribution in [2.45, 2.75) is 103 Å². The van der Waals surface area contributed by atoms with Crippen LogP contribution < -0.4 is 0 Å². The number of carbonyl (C=O) groups is 5. The van der Waals surface area contributed by atoms with E-state index in [1.165, 1.54) is 7.11 Å². The zero-order chi connectivity index (χ0) is 34.3. The van der Waals surface area contributed by atoms with Crippen molar-refractivity contribution in [3.63, 3.8) is 0 Å². The highest BCUT2D eigenvalue weighted by Crippen LogP contribution is 2.33. The Bertz CT molecular complexity index is 1400. The Kier molecular flexibility index (Phi) is 15.0. The van der Waals surface area contributed by atoms with Crippen molar-refractivity contribution in [2.75, 3.05) is 13.7 Å². The number of unbranched alkanes of at least 4 members (excludes halogenated alkanes) is 7. The van der Waals surface area contributed by atoms with Crippen molar-refractivity contribution in [3.05, 3.63) is 77.4 Å². The number of aliphatic hydroxyl groups is 1. The minimum atomic E-state index is -1.76. The van der Waals surface area contributed by atoms with Crippen molar-refractivity contribution in [3.8, 4) is 0 Å². The molecule has 0 aromatic heterocycles. The molecule has 1 aliphatic rings. The molecule has 2 amide bonds. The molecule has 1 heterocycles. The van der Waals surface area contributed by atoms with Gasteiger partial charge in [0.1, 0.15) is 6.10 Å². The van der Waals surface area contributed by atoms with Gasteiger partial charge < -0.3 is 19.3 Å². The largest absolute Gasteiger partial charge is 0.451 e. The Morgan fingerprint density at radius 1 is 0.915 bits per heavy atom. The number of rotatable bonds is 19. The third-order valence-electron chi connectivity index (χ3n) is 8.21. The second-order valence-electron chi connectivity index (χ2n) is 11.9. The summed E-state index contributed by atoms with van der Waals surface area (Å²) in [5, 5.41) is 8.91. The molecular weight excluding hydrogens is 602 g/mol. The number of benzene rings is 2. The normalized spacial score (nSPS) is 17.6. The van der Waals surface area contributed by atoms with Crippen LogP contribution in [0.15, 0.2) is 60.7 Å².